The zero-order chi connectivity index (χ0) is 16.8. The van der Waals surface area contributed by atoms with Crippen molar-refractivity contribution in [2.75, 3.05) is 19.6 Å². The van der Waals surface area contributed by atoms with Crippen LogP contribution in [0.15, 0.2) is 34.9 Å². The molecule has 6 nitrogen and oxygen atoms in total. The Balaban J connectivity index is 2.31. The smallest absolute Gasteiger partial charge is 0.260 e. The van der Waals surface area contributed by atoms with Crippen LogP contribution >= 0.6 is 0 Å². The molecule has 0 saturated heterocycles. The molecule has 0 aliphatic heterocycles. The number of benzene rings is 1. The molecular weight excluding hydrogens is 294 g/mol. The summed E-state index contributed by atoms with van der Waals surface area (Å²) in [5.74, 6) is 0.0117. The molecule has 122 valence electrons. The van der Waals surface area contributed by atoms with Gasteiger partial charge in [0.2, 0.25) is 5.91 Å². The lowest BCUT2D eigenvalue weighted by Crippen LogP contribution is -2.40. The SMILES string of the molecule is CCNC(=O)CN(CC)C(=O)c1c(-c2ccccc2)noc1C. The van der Waals surface area contributed by atoms with E-state index in [2.05, 4.69) is 10.5 Å². The summed E-state index contributed by atoms with van der Waals surface area (Å²) in [6.45, 7) is 6.35. The number of likely N-dealkylation sites (N-methyl/N-ethyl adjacent to an activating group) is 2. The lowest BCUT2D eigenvalue weighted by molar-refractivity contribution is -0.121. The zero-order valence-electron chi connectivity index (χ0n) is 13.6. The number of rotatable bonds is 6. The molecule has 1 N–H and O–H groups in total. The highest BCUT2D eigenvalue weighted by molar-refractivity contribution is 6.02. The predicted octanol–water partition coefficient (Wildman–Crippen LogP) is 2.25. The highest BCUT2D eigenvalue weighted by atomic mass is 16.5. The summed E-state index contributed by atoms with van der Waals surface area (Å²) < 4.78 is 5.22. The summed E-state index contributed by atoms with van der Waals surface area (Å²) in [5.41, 5.74) is 1.71. The van der Waals surface area contributed by atoms with Crippen LogP contribution in [0.5, 0.6) is 0 Å². The Labute approximate surface area is 135 Å². The van der Waals surface area contributed by atoms with Crippen LogP contribution in [0.4, 0.5) is 0 Å². The van der Waals surface area contributed by atoms with E-state index < -0.39 is 0 Å². The zero-order valence-corrected chi connectivity index (χ0v) is 13.6. The quantitative estimate of drug-likeness (QED) is 0.887. The van der Waals surface area contributed by atoms with E-state index in [1.165, 1.54) is 4.90 Å². The molecule has 0 aliphatic carbocycles. The van der Waals surface area contributed by atoms with Crippen LogP contribution in [0, 0.1) is 6.92 Å². The Morgan fingerprint density at radius 2 is 1.91 bits per heavy atom. The van der Waals surface area contributed by atoms with Crippen molar-refractivity contribution in [1.82, 2.24) is 15.4 Å². The summed E-state index contributed by atoms with van der Waals surface area (Å²) in [6, 6.07) is 9.38. The Kier molecular flexibility index (Phi) is 5.51. The highest BCUT2D eigenvalue weighted by Gasteiger charge is 2.26. The molecule has 0 radical (unpaired) electrons. The first-order chi connectivity index (χ1) is 11.1. The van der Waals surface area contributed by atoms with Gasteiger partial charge in [-0.25, -0.2) is 0 Å². The second-order valence-corrected chi connectivity index (χ2v) is 5.10. The molecule has 0 unspecified atom stereocenters. The molecule has 0 aliphatic rings. The van der Waals surface area contributed by atoms with Gasteiger partial charge in [0.15, 0.2) is 0 Å². The number of carbonyl (C=O) groups excluding carboxylic acids is 2. The summed E-state index contributed by atoms with van der Waals surface area (Å²) in [5, 5.41) is 6.72. The van der Waals surface area contributed by atoms with E-state index in [9.17, 15) is 9.59 Å². The van der Waals surface area contributed by atoms with Gasteiger partial charge in [0.25, 0.3) is 5.91 Å². The van der Waals surface area contributed by atoms with Gasteiger partial charge < -0.3 is 14.7 Å². The summed E-state index contributed by atoms with van der Waals surface area (Å²) in [7, 11) is 0. The minimum Gasteiger partial charge on any atom is -0.360 e. The Morgan fingerprint density at radius 3 is 2.52 bits per heavy atom. The minimum atomic E-state index is -0.253. The average molecular weight is 315 g/mol. The average Bonchev–Trinajstić information content (AvgIpc) is 2.94. The first kappa shape index (κ1) is 16.7. The van der Waals surface area contributed by atoms with Gasteiger partial charge in [-0.05, 0) is 20.8 Å². The fourth-order valence-electron chi connectivity index (χ4n) is 2.33. The van der Waals surface area contributed by atoms with Gasteiger partial charge in [-0.3, -0.25) is 9.59 Å². The lowest BCUT2D eigenvalue weighted by Gasteiger charge is -2.20. The summed E-state index contributed by atoms with van der Waals surface area (Å²) in [4.78, 5) is 26.1. The number of hydrogen-bond donors (Lipinski definition) is 1. The number of carbonyl (C=O) groups is 2. The van der Waals surface area contributed by atoms with Gasteiger partial charge >= 0.3 is 0 Å². The molecule has 23 heavy (non-hydrogen) atoms. The van der Waals surface area contributed by atoms with Gasteiger partial charge in [0.1, 0.15) is 17.0 Å². The van der Waals surface area contributed by atoms with Gasteiger partial charge in [-0.2, -0.15) is 0 Å². The molecule has 0 saturated carbocycles. The topological polar surface area (TPSA) is 75.4 Å². The third-order valence-electron chi connectivity index (χ3n) is 3.50. The Hall–Kier alpha value is -2.63. The van der Waals surface area contributed by atoms with Crippen molar-refractivity contribution in [1.29, 1.82) is 0 Å². The van der Waals surface area contributed by atoms with Crippen LogP contribution in [-0.4, -0.2) is 41.5 Å². The van der Waals surface area contributed by atoms with Gasteiger partial charge in [0.05, 0.1) is 6.54 Å². The fraction of sp³-hybridized carbons (Fsp3) is 0.353. The molecule has 1 aromatic heterocycles. The summed E-state index contributed by atoms with van der Waals surface area (Å²) in [6.07, 6.45) is 0. The maximum atomic E-state index is 12.8. The van der Waals surface area contributed by atoms with E-state index in [-0.39, 0.29) is 18.4 Å². The summed E-state index contributed by atoms with van der Waals surface area (Å²) >= 11 is 0. The predicted molar refractivity (Wildman–Crippen MR) is 86.9 cm³/mol. The fourth-order valence-corrected chi connectivity index (χ4v) is 2.33. The Bertz CT molecular complexity index is 680. The maximum absolute atomic E-state index is 12.8. The van der Waals surface area contributed by atoms with Crippen molar-refractivity contribution < 1.29 is 14.1 Å². The van der Waals surface area contributed by atoms with Crippen molar-refractivity contribution in [3.63, 3.8) is 0 Å². The van der Waals surface area contributed by atoms with Crippen molar-refractivity contribution in [3.8, 4) is 11.3 Å². The van der Waals surface area contributed by atoms with Crippen molar-refractivity contribution in [3.05, 3.63) is 41.7 Å². The third-order valence-corrected chi connectivity index (χ3v) is 3.50. The molecule has 0 spiro atoms. The normalized spacial score (nSPS) is 10.4. The number of aromatic nitrogens is 1. The van der Waals surface area contributed by atoms with Crippen LogP contribution in [0.2, 0.25) is 0 Å². The van der Waals surface area contributed by atoms with Crippen molar-refractivity contribution >= 4 is 11.8 Å². The van der Waals surface area contributed by atoms with Crippen LogP contribution in [-0.2, 0) is 4.79 Å². The molecule has 1 aromatic carbocycles. The molecule has 0 fully saturated rings. The van der Waals surface area contributed by atoms with E-state index in [1.807, 2.05) is 44.2 Å². The molecule has 2 aromatic rings. The number of aryl methyl sites for hydroxylation is 1. The number of nitrogens with zero attached hydrogens (tertiary/aromatic N) is 2. The molecule has 2 rings (SSSR count). The monoisotopic (exact) mass is 315 g/mol. The van der Waals surface area contributed by atoms with E-state index >= 15 is 0 Å². The second-order valence-electron chi connectivity index (χ2n) is 5.10. The largest absolute Gasteiger partial charge is 0.360 e. The standard InChI is InChI=1S/C17H21N3O3/c1-4-18-14(21)11-20(5-2)17(22)15-12(3)23-19-16(15)13-9-7-6-8-10-13/h6-10H,4-5,11H2,1-3H3,(H,18,21). The maximum Gasteiger partial charge on any atom is 0.260 e. The van der Waals surface area contributed by atoms with Gasteiger partial charge in [-0.1, -0.05) is 35.5 Å². The molecule has 6 heteroatoms. The molecule has 2 amide bonds. The lowest BCUT2D eigenvalue weighted by atomic mass is 10.1. The van der Waals surface area contributed by atoms with E-state index in [0.717, 1.165) is 5.56 Å². The van der Waals surface area contributed by atoms with Crippen LogP contribution in [0.1, 0.15) is 30.0 Å². The van der Waals surface area contributed by atoms with Gasteiger partial charge in [0, 0.05) is 18.7 Å². The minimum absolute atomic E-state index is 0.0159. The highest BCUT2D eigenvalue weighted by Crippen LogP contribution is 2.26. The Morgan fingerprint density at radius 1 is 1.22 bits per heavy atom. The van der Waals surface area contributed by atoms with Gasteiger partial charge in [-0.15, -0.1) is 0 Å². The molecule has 0 bridgehead atoms. The third kappa shape index (κ3) is 3.77. The number of amides is 2. The first-order valence-electron chi connectivity index (χ1n) is 7.66. The molecule has 1 heterocycles. The number of nitrogens with one attached hydrogen (secondary N) is 1. The molecule has 0 atom stereocenters. The van der Waals surface area contributed by atoms with Crippen LogP contribution in [0.3, 0.4) is 0 Å². The van der Waals surface area contributed by atoms with Crippen molar-refractivity contribution in [2.45, 2.75) is 20.8 Å². The van der Waals surface area contributed by atoms with Crippen LogP contribution < -0.4 is 5.32 Å². The molecular formula is C17H21N3O3. The number of hydrogen-bond acceptors (Lipinski definition) is 4. The first-order valence-corrected chi connectivity index (χ1v) is 7.66. The van der Waals surface area contributed by atoms with Crippen molar-refractivity contribution in [2.24, 2.45) is 0 Å². The van der Waals surface area contributed by atoms with E-state index in [1.54, 1.807) is 6.92 Å². The van der Waals surface area contributed by atoms with E-state index in [0.29, 0.717) is 30.1 Å². The second kappa shape index (κ2) is 7.58. The van der Waals surface area contributed by atoms with Crippen LogP contribution in [0.25, 0.3) is 11.3 Å². The van der Waals surface area contributed by atoms with E-state index in [4.69, 9.17) is 4.52 Å².